The van der Waals surface area contributed by atoms with Crippen molar-refractivity contribution in [3.05, 3.63) is 92.2 Å². The molecule has 2 aromatic carbocycles. The van der Waals surface area contributed by atoms with Gasteiger partial charge in [0.25, 0.3) is 5.91 Å². The van der Waals surface area contributed by atoms with Gasteiger partial charge in [-0.05, 0) is 48.4 Å². The summed E-state index contributed by atoms with van der Waals surface area (Å²) in [6.07, 6.45) is 1.56. The van der Waals surface area contributed by atoms with E-state index < -0.39 is 33.7 Å². The van der Waals surface area contributed by atoms with E-state index in [0.717, 1.165) is 17.0 Å². The molecule has 0 bridgehead atoms. The summed E-state index contributed by atoms with van der Waals surface area (Å²) in [4.78, 5) is 27.0. The minimum atomic E-state index is -3.91. The van der Waals surface area contributed by atoms with Crippen LogP contribution in [0.1, 0.15) is 27.2 Å². The highest BCUT2D eigenvalue weighted by Crippen LogP contribution is 2.26. The molecule has 1 unspecified atom stereocenters. The first-order chi connectivity index (χ1) is 16.7. The van der Waals surface area contributed by atoms with Crippen LogP contribution in [0.3, 0.4) is 0 Å². The first kappa shape index (κ1) is 25.1. The van der Waals surface area contributed by atoms with Gasteiger partial charge in [-0.15, -0.1) is 11.3 Å². The normalized spacial score (nSPS) is 16.2. The Kier molecular flexibility index (Phi) is 7.66. The monoisotopic (exact) mass is 533 g/mol. The Morgan fingerprint density at radius 1 is 1.17 bits per heavy atom. The van der Waals surface area contributed by atoms with E-state index >= 15 is 0 Å². The van der Waals surface area contributed by atoms with Crippen LogP contribution in [0.2, 0.25) is 4.34 Å². The molecule has 0 aliphatic carbocycles. The number of rotatable bonds is 8. The number of sulfonamides is 1. The average Bonchev–Trinajstić information content (AvgIpc) is 3.42. The van der Waals surface area contributed by atoms with Crippen molar-refractivity contribution in [1.82, 2.24) is 10.0 Å². The Labute approximate surface area is 211 Å². The molecule has 0 radical (unpaired) electrons. The summed E-state index contributed by atoms with van der Waals surface area (Å²) in [7, 11) is -3.91. The van der Waals surface area contributed by atoms with Gasteiger partial charge in [0.05, 0.1) is 10.0 Å². The number of halogens is 2. The number of amides is 2. The molecule has 2 N–H and O–H groups in total. The topological polar surface area (TPSA) is 95.6 Å². The predicted molar refractivity (Wildman–Crippen MR) is 135 cm³/mol. The number of carbonyl (C=O) groups is 2. The molecule has 0 saturated carbocycles. The Balaban J connectivity index is 1.39. The van der Waals surface area contributed by atoms with Gasteiger partial charge in [0, 0.05) is 28.9 Å². The summed E-state index contributed by atoms with van der Waals surface area (Å²) in [6, 6.07) is 15.4. The smallest absolute Gasteiger partial charge is 0.251 e. The SMILES string of the molecule is O=C(NCc1ccccc1)c1ccc(N2CCC(NS(=O)(=O)/C=C/c3ccc(Cl)s3)C2=O)c(F)c1. The van der Waals surface area contributed by atoms with E-state index in [1.165, 1.54) is 34.4 Å². The zero-order valence-electron chi connectivity index (χ0n) is 18.3. The summed E-state index contributed by atoms with van der Waals surface area (Å²) in [6.45, 7) is 0.427. The van der Waals surface area contributed by atoms with Crippen LogP contribution in [0, 0.1) is 5.82 Å². The molecule has 0 spiro atoms. The molecule has 2 amide bonds. The molecule has 1 aromatic heterocycles. The van der Waals surface area contributed by atoms with Gasteiger partial charge in [-0.2, -0.15) is 4.72 Å². The number of hydrogen-bond acceptors (Lipinski definition) is 5. The van der Waals surface area contributed by atoms with Gasteiger partial charge in [0.15, 0.2) is 0 Å². The molecule has 1 saturated heterocycles. The number of benzene rings is 2. The summed E-state index contributed by atoms with van der Waals surface area (Å²) >= 11 is 7.06. The molecule has 2 heterocycles. The molecular weight excluding hydrogens is 513 g/mol. The van der Waals surface area contributed by atoms with Crippen molar-refractivity contribution in [2.24, 2.45) is 0 Å². The lowest BCUT2D eigenvalue weighted by Gasteiger charge is -2.18. The van der Waals surface area contributed by atoms with Crippen LogP contribution >= 0.6 is 22.9 Å². The van der Waals surface area contributed by atoms with Crippen molar-refractivity contribution in [2.45, 2.75) is 19.0 Å². The highest BCUT2D eigenvalue weighted by molar-refractivity contribution is 7.92. The molecule has 182 valence electrons. The number of anilines is 1. The maximum Gasteiger partial charge on any atom is 0.251 e. The minimum absolute atomic E-state index is 0.0138. The predicted octanol–water partition coefficient (Wildman–Crippen LogP) is 4.17. The van der Waals surface area contributed by atoms with Gasteiger partial charge in [0.2, 0.25) is 15.9 Å². The standard InChI is InChI=1S/C24H21ClFN3O4S2/c25-22-9-7-18(34-22)11-13-35(32,33)28-20-10-12-29(24(20)31)21-8-6-17(14-19(21)26)23(30)27-15-16-4-2-1-3-5-16/h1-9,11,13-14,20,28H,10,12,15H2,(H,27,30)/b13-11+. The second kappa shape index (κ2) is 10.7. The molecule has 4 rings (SSSR count). The van der Waals surface area contributed by atoms with Gasteiger partial charge in [0.1, 0.15) is 11.9 Å². The van der Waals surface area contributed by atoms with Crippen LogP contribution in [-0.4, -0.2) is 32.8 Å². The lowest BCUT2D eigenvalue weighted by Crippen LogP contribution is -2.40. The molecule has 11 heteroatoms. The second-order valence-electron chi connectivity index (χ2n) is 7.77. The highest BCUT2D eigenvalue weighted by Gasteiger charge is 2.36. The van der Waals surface area contributed by atoms with Crippen LogP contribution in [0.15, 0.2) is 66.1 Å². The third-order valence-electron chi connectivity index (χ3n) is 5.31. The van der Waals surface area contributed by atoms with Gasteiger partial charge < -0.3 is 10.2 Å². The van der Waals surface area contributed by atoms with Crippen molar-refractivity contribution in [3.63, 3.8) is 0 Å². The number of carbonyl (C=O) groups excluding carboxylic acids is 2. The molecular formula is C24H21ClFN3O4S2. The third kappa shape index (κ3) is 6.34. The van der Waals surface area contributed by atoms with E-state index in [-0.39, 0.29) is 24.2 Å². The number of nitrogens with zero attached hydrogens (tertiary/aromatic N) is 1. The maximum atomic E-state index is 14.8. The number of hydrogen-bond donors (Lipinski definition) is 2. The summed E-state index contributed by atoms with van der Waals surface area (Å²) < 4.78 is 42.5. The van der Waals surface area contributed by atoms with Crippen molar-refractivity contribution in [1.29, 1.82) is 0 Å². The van der Waals surface area contributed by atoms with Crippen molar-refractivity contribution in [3.8, 4) is 0 Å². The number of nitrogens with one attached hydrogen (secondary N) is 2. The van der Waals surface area contributed by atoms with Gasteiger partial charge in [-0.25, -0.2) is 12.8 Å². The van der Waals surface area contributed by atoms with E-state index in [4.69, 9.17) is 11.6 Å². The summed E-state index contributed by atoms with van der Waals surface area (Å²) in [5, 5.41) is 3.69. The Morgan fingerprint density at radius 2 is 1.94 bits per heavy atom. The fourth-order valence-electron chi connectivity index (χ4n) is 3.59. The fraction of sp³-hybridized carbons (Fsp3) is 0.167. The Hall–Kier alpha value is -3.05. The minimum Gasteiger partial charge on any atom is -0.348 e. The zero-order chi connectivity index (χ0) is 25.0. The van der Waals surface area contributed by atoms with E-state index in [2.05, 4.69) is 10.0 Å². The Bertz CT molecular complexity index is 1380. The Morgan fingerprint density at radius 3 is 2.63 bits per heavy atom. The molecule has 1 aliphatic heterocycles. The zero-order valence-corrected chi connectivity index (χ0v) is 20.7. The fourth-order valence-corrected chi connectivity index (χ4v) is 5.66. The van der Waals surface area contributed by atoms with E-state index in [1.807, 2.05) is 30.3 Å². The molecule has 1 fully saturated rings. The maximum absolute atomic E-state index is 14.8. The molecule has 7 nitrogen and oxygen atoms in total. The van der Waals surface area contributed by atoms with E-state index in [0.29, 0.717) is 15.8 Å². The molecule has 1 atom stereocenters. The van der Waals surface area contributed by atoms with Crippen molar-refractivity contribution in [2.75, 3.05) is 11.4 Å². The van der Waals surface area contributed by atoms with Crippen LogP contribution in [0.25, 0.3) is 6.08 Å². The largest absolute Gasteiger partial charge is 0.348 e. The lowest BCUT2D eigenvalue weighted by molar-refractivity contribution is -0.118. The third-order valence-corrected chi connectivity index (χ3v) is 7.62. The van der Waals surface area contributed by atoms with E-state index in [1.54, 1.807) is 12.1 Å². The lowest BCUT2D eigenvalue weighted by atomic mass is 10.1. The van der Waals surface area contributed by atoms with E-state index in [9.17, 15) is 22.4 Å². The van der Waals surface area contributed by atoms with Crippen LogP contribution in [0.4, 0.5) is 10.1 Å². The van der Waals surface area contributed by atoms with Gasteiger partial charge in [-0.3, -0.25) is 9.59 Å². The van der Waals surface area contributed by atoms with Crippen LogP contribution in [0.5, 0.6) is 0 Å². The van der Waals surface area contributed by atoms with Crippen molar-refractivity contribution < 1.29 is 22.4 Å². The quantitative estimate of drug-likeness (QED) is 0.454. The van der Waals surface area contributed by atoms with Crippen LogP contribution < -0.4 is 14.9 Å². The second-order valence-corrected chi connectivity index (χ2v) is 11.1. The average molecular weight is 534 g/mol. The summed E-state index contributed by atoms with van der Waals surface area (Å²) in [5.74, 6) is -1.76. The molecule has 1 aliphatic rings. The molecule has 3 aromatic rings. The molecule has 35 heavy (non-hydrogen) atoms. The number of thiophene rings is 1. The summed E-state index contributed by atoms with van der Waals surface area (Å²) in [5.41, 5.74) is 1.01. The van der Waals surface area contributed by atoms with Gasteiger partial charge in [-0.1, -0.05) is 41.9 Å². The van der Waals surface area contributed by atoms with Gasteiger partial charge >= 0.3 is 0 Å². The first-order valence-electron chi connectivity index (χ1n) is 10.6. The van der Waals surface area contributed by atoms with Crippen LogP contribution in [-0.2, 0) is 21.4 Å². The first-order valence-corrected chi connectivity index (χ1v) is 13.3. The van der Waals surface area contributed by atoms with Crippen molar-refractivity contribution >= 4 is 56.5 Å². The highest BCUT2D eigenvalue weighted by atomic mass is 35.5.